The van der Waals surface area contributed by atoms with Gasteiger partial charge in [0.15, 0.2) is 5.78 Å². The van der Waals surface area contributed by atoms with Crippen LogP contribution in [-0.4, -0.2) is 15.3 Å². The number of rotatable bonds is 4. The maximum atomic E-state index is 13.7. The van der Waals surface area contributed by atoms with Crippen molar-refractivity contribution in [3.8, 4) is 0 Å². The maximum absolute atomic E-state index is 13.7. The Morgan fingerprint density at radius 3 is 2.62 bits per heavy atom. The van der Waals surface area contributed by atoms with Crippen LogP contribution < -0.4 is 0 Å². The molecule has 3 nitrogen and oxygen atoms in total. The van der Waals surface area contributed by atoms with Crippen LogP contribution in [0.25, 0.3) is 11.0 Å². The number of hydrogen-bond donors (Lipinski definition) is 0. The normalized spacial score (nSPS) is 11.0. The number of benzene rings is 2. The molecule has 1 aromatic heterocycles. The zero-order chi connectivity index (χ0) is 14.8. The Labute approximate surface area is 122 Å². The highest BCUT2D eigenvalue weighted by Gasteiger charge is 2.16. The first-order valence-corrected chi connectivity index (χ1v) is 6.92. The average molecular weight is 282 g/mol. The van der Waals surface area contributed by atoms with Crippen LogP contribution in [0, 0.1) is 5.82 Å². The van der Waals surface area contributed by atoms with E-state index in [0.29, 0.717) is 5.82 Å². The van der Waals surface area contributed by atoms with Gasteiger partial charge in [-0.1, -0.05) is 24.3 Å². The summed E-state index contributed by atoms with van der Waals surface area (Å²) in [5.41, 5.74) is 1.97. The third-order valence-corrected chi connectivity index (χ3v) is 3.54. The number of ketones is 1. The minimum Gasteiger partial charge on any atom is -0.328 e. The largest absolute Gasteiger partial charge is 0.328 e. The molecule has 0 saturated heterocycles. The number of Topliss-reactive ketones (excluding diaryl/α,β-unsaturated/α-hetero) is 1. The molecule has 0 aliphatic carbocycles. The van der Waals surface area contributed by atoms with Gasteiger partial charge in [0, 0.05) is 6.54 Å². The third kappa shape index (κ3) is 2.44. The molecule has 21 heavy (non-hydrogen) atoms. The van der Waals surface area contributed by atoms with E-state index >= 15 is 0 Å². The van der Waals surface area contributed by atoms with Crippen LogP contribution in [0.1, 0.15) is 23.1 Å². The van der Waals surface area contributed by atoms with Crippen molar-refractivity contribution in [2.24, 2.45) is 0 Å². The van der Waals surface area contributed by atoms with Crippen LogP contribution in [0.2, 0.25) is 0 Å². The van der Waals surface area contributed by atoms with Gasteiger partial charge in [0.2, 0.25) is 0 Å². The van der Waals surface area contributed by atoms with E-state index in [4.69, 9.17) is 0 Å². The molecule has 1 heterocycles. The van der Waals surface area contributed by atoms with Crippen LogP contribution in [0.15, 0.2) is 48.5 Å². The zero-order valence-electron chi connectivity index (χ0n) is 11.7. The van der Waals surface area contributed by atoms with Crippen LogP contribution in [0.3, 0.4) is 0 Å². The van der Waals surface area contributed by atoms with E-state index in [1.165, 1.54) is 12.1 Å². The Morgan fingerprint density at radius 2 is 1.86 bits per heavy atom. The molecule has 3 aromatic rings. The molecule has 4 heteroatoms. The van der Waals surface area contributed by atoms with E-state index in [-0.39, 0.29) is 17.8 Å². The van der Waals surface area contributed by atoms with Crippen LogP contribution in [-0.2, 0) is 13.0 Å². The van der Waals surface area contributed by atoms with Gasteiger partial charge in [-0.2, -0.15) is 0 Å². The second kappa shape index (κ2) is 5.48. The Kier molecular flexibility index (Phi) is 3.52. The standard InChI is InChI=1S/C17H15FN2O/c1-2-20-15-10-6-5-9-14(15)19-17(20)11-16(21)12-7-3-4-8-13(12)18/h3-10H,2,11H2,1H3. The van der Waals surface area contributed by atoms with Crippen molar-refractivity contribution >= 4 is 16.8 Å². The summed E-state index contributed by atoms with van der Waals surface area (Å²) in [6.45, 7) is 2.73. The summed E-state index contributed by atoms with van der Waals surface area (Å²) in [6.07, 6.45) is 0.101. The smallest absolute Gasteiger partial charge is 0.173 e. The Balaban J connectivity index is 1.98. The lowest BCUT2D eigenvalue weighted by molar-refractivity contribution is 0.0986. The second-order valence-corrected chi connectivity index (χ2v) is 4.84. The van der Waals surface area contributed by atoms with Crippen LogP contribution >= 0.6 is 0 Å². The van der Waals surface area contributed by atoms with E-state index in [1.807, 2.05) is 35.8 Å². The molecule has 0 saturated carbocycles. The molecule has 0 aliphatic rings. The van der Waals surface area contributed by atoms with Gasteiger partial charge in [0.25, 0.3) is 0 Å². The van der Waals surface area contributed by atoms with Gasteiger partial charge in [0.1, 0.15) is 11.6 Å². The number of nitrogens with zero attached hydrogens (tertiary/aromatic N) is 2. The minimum absolute atomic E-state index is 0.101. The highest BCUT2D eigenvalue weighted by molar-refractivity contribution is 5.97. The lowest BCUT2D eigenvalue weighted by Gasteiger charge is -2.06. The molecule has 2 aromatic carbocycles. The summed E-state index contributed by atoms with van der Waals surface area (Å²) in [4.78, 5) is 16.8. The van der Waals surface area contributed by atoms with Crippen molar-refractivity contribution < 1.29 is 9.18 Å². The first kappa shape index (κ1) is 13.5. The lowest BCUT2D eigenvalue weighted by atomic mass is 10.1. The SMILES string of the molecule is CCn1c(CC(=O)c2ccccc2F)nc2ccccc21. The summed E-state index contributed by atoms with van der Waals surface area (Å²) in [6, 6.07) is 13.8. The summed E-state index contributed by atoms with van der Waals surface area (Å²) in [7, 11) is 0. The van der Waals surface area contributed by atoms with Crippen molar-refractivity contribution in [2.45, 2.75) is 19.9 Å². The molecule has 0 aliphatic heterocycles. The fourth-order valence-electron chi connectivity index (χ4n) is 2.54. The van der Waals surface area contributed by atoms with Crippen molar-refractivity contribution in [3.63, 3.8) is 0 Å². The predicted molar refractivity (Wildman–Crippen MR) is 79.8 cm³/mol. The van der Waals surface area contributed by atoms with Crippen molar-refractivity contribution in [1.29, 1.82) is 0 Å². The fourth-order valence-corrected chi connectivity index (χ4v) is 2.54. The average Bonchev–Trinajstić information content (AvgIpc) is 2.84. The molecule has 0 radical (unpaired) electrons. The molecule has 106 valence electrons. The maximum Gasteiger partial charge on any atom is 0.173 e. The molecule has 0 N–H and O–H groups in total. The number of halogens is 1. The first-order chi connectivity index (χ1) is 10.2. The Morgan fingerprint density at radius 1 is 1.14 bits per heavy atom. The molecular formula is C17H15FN2O. The molecule has 0 fully saturated rings. The first-order valence-electron chi connectivity index (χ1n) is 6.92. The number of aryl methyl sites for hydroxylation is 1. The molecular weight excluding hydrogens is 267 g/mol. The number of hydrogen-bond acceptors (Lipinski definition) is 2. The highest BCUT2D eigenvalue weighted by atomic mass is 19.1. The van der Waals surface area contributed by atoms with E-state index in [1.54, 1.807) is 12.1 Å². The molecule has 0 amide bonds. The third-order valence-electron chi connectivity index (χ3n) is 3.54. The summed E-state index contributed by atoms with van der Waals surface area (Å²) >= 11 is 0. The van der Waals surface area contributed by atoms with Crippen LogP contribution in [0.4, 0.5) is 4.39 Å². The van der Waals surface area contributed by atoms with E-state index in [0.717, 1.165) is 17.6 Å². The Hall–Kier alpha value is -2.49. The van der Waals surface area contributed by atoms with Crippen molar-refractivity contribution in [2.75, 3.05) is 0 Å². The number of aromatic nitrogens is 2. The number of imidazole rings is 1. The van der Waals surface area contributed by atoms with E-state index in [9.17, 15) is 9.18 Å². The summed E-state index contributed by atoms with van der Waals surface area (Å²) < 4.78 is 15.7. The van der Waals surface area contributed by atoms with Crippen molar-refractivity contribution in [1.82, 2.24) is 9.55 Å². The highest BCUT2D eigenvalue weighted by Crippen LogP contribution is 2.18. The topological polar surface area (TPSA) is 34.9 Å². The quantitative estimate of drug-likeness (QED) is 0.685. The molecule has 0 unspecified atom stereocenters. The van der Waals surface area contributed by atoms with Gasteiger partial charge < -0.3 is 4.57 Å². The van der Waals surface area contributed by atoms with E-state index < -0.39 is 5.82 Å². The summed E-state index contributed by atoms with van der Waals surface area (Å²) in [5, 5.41) is 0. The predicted octanol–water partition coefficient (Wildman–Crippen LogP) is 3.62. The molecule has 0 bridgehead atoms. The Bertz CT molecular complexity index is 807. The zero-order valence-corrected chi connectivity index (χ0v) is 11.7. The number of para-hydroxylation sites is 2. The lowest BCUT2D eigenvalue weighted by Crippen LogP contribution is -2.11. The fraction of sp³-hybridized carbons (Fsp3) is 0.176. The van der Waals surface area contributed by atoms with Gasteiger partial charge in [-0.15, -0.1) is 0 Å². The number of carbonyl (C=O) groups excluding carboxylic acids is 1. The van der Waals surface area contributed by atoms with E-state index in [2.05, 4.69) is 4.98 Å². The van der Waals surface area contributed by atoms with Gasteiger partial charge >= 0.3 is 0 Å². The van der Waals surface area contributed by atoms with Gasteiger partial charge in [-0.05, 0) is 31.2 Å². The monoisotopic (exact) mass is 282 g/mol. The molecule has 3 rings (SSSR count). The van der Waals surface area contributed by atoms with Gasteiger partial charge in [-0.3, -0.25) is 4.79 Å². The second-order valence-electron chi connectivity index (χ2n) is 4.84. The molecule has 0 spiro atoms. The van der Waals surface area contributed by atoms with Gasteiger partial charge in [0.05, 0.1) is 23.0 Å². The van der Waals surface area contributed by atoms with Gasteiger partial charge in [-0.25, -0.2) is 9.37 Å². The molecule has 0 atom stereocenters. The minimum atomic E-state index is -0.485. The van der Waals surface area contributed by atoms with Crippen LogP contribution in [0.5, 0.6) is 0 Å². The summed E-state index contributed by atoms with van der Waals surface area (Å²) in [5.74, 6) is -0.0632. The number of carbonyl (C=O) groups is 1. The number of fused-ring (bicyclic) bond motifs is 1. The van der Waals surface area contributed by atoms with Crippen molar-refractivity contribution in [3.05, 3.63) is 65.7 Å².